The molecule has 1 aromatic rings. The van der Waals surface area contributed by atoms with E-state index in [1.165, 1.54) is 0 Å². The monoisotopic (exact) mass is 307 g/mol. The predicted octanol–water partition coefficient (Wildman–Crippen LogP) is 2.98. The van der Waals surface area contributed by atoms with Crippen molar-refractivity contribution in [3.63, 3.8) is 0 Å². The summed E-state index contributed by atoms with van der Waals surface area (Å²) in [4.78, 5) is 11.7. The lowest BCUT2D eigenvalue weighted by atomic mass is 10.1. The molecule has 1 rings (SSSR count). The van der Waals surface area contributed by atoms with E-state index in [0.717, 1.165) is 5.56 Å². The Hall–Kier alpha value is -2.01. The van der Waals surface area contributed by atoms with E-state index in [0.29, 0.717) is 5.75 Å². The van der Waals surface area contributed by atoms with Gasteiger partial charge in [0.1, 0.15) is 18.0 Å². The number of amides is 1. The minimum atomic E-state index is -0.516. The maximum Gasteiger partial charge on any atom is 0.408 e. The van der Waals surface area contributed by atoms with Crippen LogP contribution in [0.5, 0.6) is 5.75 Å². The molecule has 5 heteroatoms. The highest BCUT2D eigenvalue weighted by Gasteiger charge is 2.16. The highest BCUT2D eigenvalue weighted by atomic mass is 16.6. The number of ether oxygens (including phenoxy) is 2. The maximum absolute atomic E-state index is 11.7. The van der Waals surface area contributed by atoms with Crippen molar-refractivity contribution >= 4 is 12.2 Å². The van der Waals surface area contributed by atoms with Gasteiger partial charge in [-0.2, -0.15) is 0 Å². The Kier molecular flexibility index (Phi) is 6.92. The molecule has 0 unspecified atom stereocenters. The van der Waals surface area contributed by atoms with Crippen LogP contribution in [0.15, 0.2) is 30.3 Å². The zero-order valence-corrected chi connectivity index (χ0v) is 13.6. The molecule has 1 amide bonds. The highest BCUT2D eigenvalue weighted by Crippen LogP contribution is 2.19. The number of benzene rings is 1. The molecule has 0 bridgehead atoms. The maximum atomic E-state index is 11.7. The van der Waals surface area contributed by atoms with Crippen LogP contribution in [-0.2, 0) is 4.74 Å². The lowest BCUT2D eigenvalue weighted by Crippen LogP contribution is -2.36. The van der Waals surface area contributed by atoms with Gasteiger partial charge in [0.2, 0.25) is 0 Å². The van der Waals surface area contributed by atoms with Gasteiger partial charge in [0.25, 0.3) is 0 Å². The van der Waals surface area contributed by atoms with Crippen molar-refractivity contribution in [3.8, 4) is 5.75 Å². The summed E-state index contributed by atoms with van der Waals surface area (Å²) in [5.74, 6) is 0.692. The number of hydrogen-bond acceptors (Lipinski definition) is 4. The lowest BCUT2D eigenvalue weighted by Gasteiger charge is -2.21. The molecular weight excluding hydrogens is 282 g/mol. The molecule has 0 fully saturated rings. The van der Waals surface area contributed by atoms with E-state index in [1.54, 1.807) is 0 Å². The third-order valence-electron chi connectivity index (χ3n) is 2.58. The Morgan fingerprint density at radius 3 is 2.68 bits per heavy atom. The minimum absolute atomic E-state index is 0.0331. The molecule has 0 saturated heterocycles. The first-order valence-electron chi connectivity index (χ1n) is 7.32. The van der Waals surface area contributed by atoms with Crippen molar-refractivity contribution in [2.75, 3.05) is 13.2 Å². The average molecular weight is 307 g/mol. The van der Waals surface area contributed by atoms with Crippen LogP contribution in [0.4, 0.5) is 4.79 Å². The number of alkyl carbamates (subject to hydrolysis) is 1. The molecule has 0 aliphatic rings. The zero-order valence-electron chi connectivity index (χ0n) is 13.6. The molecule has 0 aliphatic heterocycles. The lowest BCUT2D eigenvalue weighted by molar-refractivity contribution is 0.0518. The molecule has 122 valence electrons. The molecule has 0 saturated carbocycles. The van der Waals surface area contributed by atoms with Gasteiger partial charge < -0.3 is 19.9 Å². The quantitative estimate of drug-likeness (QED) is 0.848. The fourth-order valence-electron chi connectivity index (χ4n) is 1.69. The smallest absolute Gasteiger partial charge is 0.408 e. The number of aliphatic hydroxyl groups is 1. The van der Waals surface area contributed by atoms with Crippen LogP contribution in [0, 0.1) is 0 Å². The molecule has 2 N–H and O–H groups in total. The first-order valence-corrected chi connectivity index (χ1v) is 7.32. The number of rotatable bonds is 6. The number of para-hydroxylation sites is 1. The van der Waals surface area contributed by atoms with E-state index >= 15 is 0 Å². The number of aliphatic hydroxyl groups excluding tert-OH is 1. The van der Waals surface area contributed by atoms with Crippen molar-refractivity contribution in [1.82, 2.24) is 5.32 Å². The molecule has 0 radical (unpaired) electrons. The third kappa shape index (κ3) is 7.13. The van der Waals surface area contributed by atoms with Gasteiger partial charge >= 0.3 is 6.09 Å². The fraction of sp³-hybridized carbons (Fsp3) is 0.471. The Balaban J connectivity index is 2.62. The SMILES string of the molecule is C[C@H](/C=C/c1ccccc1OCCO)NC(=O)OC(C)(C)C. The third-order valence-corrected chi connectivity index (χ3v) is 2.58. The van der Waals surface area contributed by atoms with Crippen LogP contribution in [0.3, 0.4) is 0 Å². The van der Waals surface area contributed by atoms with Gasteiger partial charge in [-0.3, -0.25) is 0 Å². The van der Waals surface area contributed by atoms with Crippen molar-refractivity contribution in [2.24, 2.45) is 0 Å². The summed E-state index contributed by atoms with van der Waals surface area (Å²) in [5.41, 5.74) is 0.368. The summed E-state index contributed by atoms with van der Waals surface area (Å²) >= 11 is 0. The zero-order chi connectivity index (χ0) is 16.6. The number of carbonyl (C=O) groups excluding carboxylic acids is 1. The van der Waals surface area contributed by atoms with Gasteiger partial charge in [-0.25, -0.2) is 4.79 Å². The molecule has 1 atom stereocenters. The molecule has 0 aromatic heterocycles. The summed E-state index contributed by atoms with van der Waals surface area (Å²) < 4.78 is 10.7. The van der Waals surface area contributed by atoms with Crippen molar-refractivity contribution in [3.05, 3.63) is 35.9 Å². The normalized spacial score (nSPS) is 13.0. The van der Waals surface area contributed by atoms with E-state index in [2.05, 4.69) is 5.32 Å². The van der Waals surface area contributed by atoms with Gasteiger partial charge in [-0.1, -0.05) is 30.4 Å². The van der Waals surface area contributed by atoms with Crippen LogP contribution >= 0.6 is 0 Å². The summed E-state index contributed by atoms with van der Waals surface area (Å²) in [6.45, 7) is 7.54. The van der Waals surface area contributed by atoms with E-state index in [1.807, 2.05) is 64.1 Å². The summed E-state index contributed by atoms with van der Waals surface area (Å²) in [7, 11) is 0. The number of nitrogens with one attached hydrogen (secondary N) is 1. The van der Waals surface area contributed by atoms with Crippen LogP contribution in [0.1, 0.15) is 33.3 Å². The summed E-state index contributed by atoms with van der Waals surface area (Å²) in [5, 5.41) is 11.6. The molecule has 0 spiro atoms. The van der Waals surface area contributed by atoms with E-state index in [9.17, 15) is 4.79 Å². The summed E-state index contributed by atoms with van der Waals surface area (Å²) in [6.07, 6.45) is 3.27. The predicted molar refractivity (Wildman–Crippen MR) is 86.9 cm³/mol. The van der Waals surface area contributed by atoms with Gasteiger partial charge in [0.15, 0.2) is 0 Å². The largest absolute Gasteiger partial charge is 0.491 e. The minimum Gasteiger partial charge on any atom is -0.491 e. The second kappa shape index (κ2) is 8.44. The highest BCUT2D eigenvalue weighted by molar-refractivity contribution is 5.69. The van der Waals surface area contributed by atoms with Gasteiger partial charge in [-0.15, -0.1) is 0 Å². The Morgan fingerprint density at radius 1 is 1.36 bits per heavy atom. The molecule has 1 aromatic carbocycles. The van der Waals surface area contributed by atoms with Crippen molar-refractivity contribution < 1.29 is 19.4 Å². The second-order valence-electron chi connectivity index (χ2n) is 5.90. The second-order valence-corrected chi connectivity index (χ2v) is 5.90. The molecule has 22 heavy (non-hydrogen) atoms. The van der Waals surface area contributed by atoms with Crippen LogP contribution in [0.25, 0.3) is 6.08 Å². The van der Waals surface area contributed by atoms with E-state index in [4.69, 9.17) is 14.6 Å². The van der Waals surface area contributed by atoms with Crippen molar-refractivity contribution in [1.29, 1.82) is 0 Å². The van der Waals surface area contributed by atoms with Crippen LogP contribution in [0.2, 0.25) is 0 Å². The van der Waals surface area contributed by atoms with Gasteiger partial charge in [-0.05, 0) is 33.8 Å². The molecular formula is C17H25NO4. The van der Waals surface area contributed by atoms with E-state index < -0.39 is 11.7 Å². The molecule has 5 nitrogen and oxygen atoms in total. The number of carbonyl (C=O) groups is 1. The Labute approximate surface area is 131 Å². The number of hydrogen-bond donors (Lipinski definition) is 2. The standard InChI is InChI=1S/C17H25NO4/c1-13(18-16(20)22-17(2,3)4)9-10-14-7-5-6-8-15(14)21-12-11-19/h5-10,13,19H,11-12H2,1-4H3,(H,18,20)/b10-9+/t13-/m1/s1. The van der Waals surface area contributed by atoms with Crippen LogP contribution in [-0.4, -0.2) is 36.1 Å². The average Bonchev–Trinajstić information content (AvgIpc) is 2.41. The Morgan fingerprint density at radius 2 is 2.05 bits per heavy atom. The topological polar surface area (TPSA) is 67.8 Å². The molecule has 0 aliphatic carbocycles. The molecule has 0 heterocycles. The van der Waals surface area contributed by atoms with Crippen LogP contribution < -0.4 is 10.1 Å². The van der Waals surface area contributed by atoms with Crippen molar-refractivity contribution in [2.45, 2.75) is 39.3 Å². The first kappa shape index (κ1) is 18.0. The Bertz CT molecular complexity index is 506. The fourth-order valence-corrected chi connectivity index (χ4v) is 1.69. The van der Waals surface area contributed by atoms with Gasteiger partial charge in [0.05, 0.1) is 6.61 Å². The first-order chi connectivity index (χ1) is 10.3. The van der Waals surface area contributed by atoms with Gasteiger partial charge in [0, 0.05) is 11.6 Å². The summed E-state index contributed by atoms with van der Waals surface area (Å²) in [6, 6.07) is 7.33. The van der Waals surface area contributed by atoms with E-state index in [-0.39, 0.29) is 19.3 Å².